The van der Waals surface area contributed by atoms with Gasteiger partial charge in [0.25, 0.3) is 0 Å². The molecule has 1 saturated heterocycles. The standard InChI is InChI=1S/C10H13N3O/c1-7-2-3-8(4-12-7)5-13-6-9(11)10(13)14/h2-4,9H,5-6,11H2,1H3. The van der Waals surface area contributed by atoms with E-state index in [0.717, 1.165) is 11.3 Å². The summed E-state index contributed by atoms with van der Waals surface area (Å²) >= 11 is 0. The van der Waals surface area contributed by atoms with E-state index in [0.29, 0.717) is 13.1 Å². The Kier molecular flexibility index (Phi) is 2.21. The van der Waals surface area contributed by atoms with Crippen molar-refractivity contribution in [3.63, 3.8) is 0 Å². The van der Waals surface area contributed by atoms with Gasteiger partial charge in [-0.2, -0.15) is 0 Å². The number of aromatic nitrogens is 1. The molecule has 1 fully saturated rings. The molecular formula is C10H13N3O. The number of β-lactam (4-membered cyclic amide) rings is 1. The van der Waals surface area contributed by atoms with E-state index < -0.39 is 0 Å². The van der Waals surface area contributed by atoms with Crippen molar-refractivity contribution < 1.29 is 4.79 Å². The predicted molar refractivity (Wildman–Crippen MR) is 52.4 cm³/mol. The van der Waals surface area contributed by atoms with Crippen LogP contribution in [0.5, 0.6) is 0 Å². The van der Waals surface area contributed by atoms with Gasteiger partial charge in [-0.15, -0.1) is 0 Å². The number of nitrogens with zero attached hydrogens (tertiary/aromatic N) is 2. The van der Waals surface area contributed by atoms with Crippen LogP contribution in [0.1, 0.15) is 11.3 Å². The minimum atomic E-state index is -0.284. The molecule has 0 aromatic carbocycles. The second kappa shape index (κ2) is 3.38. The molecular weight excluding hydrogens is 178 g/mol. The molecule has 2 rings (SSSR count). The van der Waals surface area contributed by atoms with Crippen molar-refractivity contribution in [3.8, 4) is 0 Å². The number of carbonyl (C=O) groups excluding carboxylic acids is 1. The van der Waals surface area contributed by atoms with E-state index in [-0.39, 0.29) is 11.9 Å². The summed E-state index contributed by atoms with van der Waals surface area (Å²) in [4.78, 5) is 17.1. The second-order valence-electron chi connectivity index (χ2n) is 3.63. The van der Waals surface area contributed by atoms with E-state index in [1.165, 1.54) is 0 Å². The number of carbonyl (C=O) groups is 1. The van der Waals surface area contributed by atoms with Gasteiger partial charge in [-0.1, -0.05) is 6.07 Å². The predicted octanol–water partition coefficient (Wildman–Crippen LogP) is 0.0595. The summed E-state index contributed by atoms with van der Waals surface area (Å²) < 4.78 is 0. The first-order chi connectivity index (χ1) is 6.66. The van der Waals surface area contributed by atoms with Crippen molar-refractivity contribution in [2.45, 2.75) is 19.5 Å². The van der Waals surface area contributed by atoms with Crippen LogP contribution >= 0.6 is 0 Å². The van der Waals surface area contributed by atoms with Crippen LogP contribution in [-0.2, 0) is 11.3 Å². The van der Waals surface area contributed by atoms with Crippen molar-refractivity contribution in [2.75, 3.05) is 6.54 Å². The monoisotopic (exact) mass is 191 g/mol. The molecule has 1 aromatic heterocycles. The lowest BCUT2D eigenvalue weighted by atomic mass is 10.1. The Bertz CT molecular complexity index is 347. The lowest BCUT2D eigenvalue weighted by Crippen LogP contribution is -2.60. The Labute approximate surface area is 82.7 Å². The fourth-order valence-corrected chi connectivity index (χ4v) is 1.48. The zero-order chi connectivity index (χ0) is 10.1. The van der Waals surface area contributed by atoms with Gasteiger partial charge >= 0.3 is 0 Å². The maximum atomic E-state index is 11.2. The molecule has 1 amide bonds. The highest BCUT2D eigenvalue weighted by atomic mass is 16.2. The Hall–Kier alpha value is -1.42. The van der Waals surface area contributed by atoms with Gasteiger partial charge in [-0.25, -0.2) is 0 Å². The summed E-state index contributed by atoms with van der Waals surface area (Å²) in [7, 11) is 0. The summed E-state index contributed by atoms with van der Waals surface area (Å²) in [5.74, 6) is 0.0329. The Morgan fingerprint density at radius 2 is 2.43 bits per heavy atom. The number of nitrogens with two attached hydrogens (primary N) is 1. The molecule has 0 bridgehead atoms. The average Bonchev–Trinajstić information content (AvgIpc) is 2.20. The van der Waals surface area contributed by atoms with Gasteiger partial charge in [0.15, 0.2) is 0 Å². The van der Waals surface area contributed by atoms with Crippen LogP contribution in [0.15, 0.2) is 18.3 Å². The van der Waals surface area contributed by atoms with E-state index >= 15 is 0 Å². The van der Waals surface area contributed by atoms with Crippen LogP contribution in [0.4, 0.5) is 0 Å². The van der Waals surface area contributed by atoms with Gasteiger partial charge in [0.05, 0.1) is 0 Å². The largest absolute Gasteiger partial charge is 0.335 e. The van der Waals surface area contributed by atoms with Crippen LogP contribution in [-0.4, -0.2) is 28.4 Å². The number of hydrogen-bond acceptors (Lipinski definition) is 3. The van der Waals surface area contributed by atoms with E-state index in [2.05, 4.69) is 4.98 Å². The molecule has 0 spiro atoms. The summed E-state index contributed by atoms with van der Waals surface area (Å²) in [5, 5.41) is 0. The summed E-state index contributed by atoms with van der Waals surface area (Å²) in [6.45, 7) is 3.22. The normalized spacial score (nSPS) is 20.9. The summed E-state index contributed by atoms with van der Waals surface area (Å²) in [6.07, 6.45) is 1.80. The lowest BCUT2D eigenvalue weighted by molar-refractivity contribution is -0.143. The van der Waals surface area contributed by atoms with E-state index in [9.17, 15) is 4.79 Å². The molecule has 1 atom stereocenters. The van der Waals surface area contributed by atoms with Gasteiger partial charge in [-0.3, -0.25) is 9.78 Å². The molecule has 1 aliphatic rings. The van der Waals surface area contributed by atoms with Crippen LogP contribution in [0.2, 0.25) is 0 Å². The van der Waals surface area contributed by atoms with Gasteiger partial charge in [0.1, 0.15) is 6.04 Å². The third-order valence-electron chi connectivity index (χ3n) is 2.39. The molecule has 1 aliphatic heterocycles. The zero-order valence-electron chi connectivity index (χ0n) is 8.10. The zero-order valence-corrected chi connectivity index (χ0v) is 8.10. The number of amides is 1. The molecule has 1 unspecified atom stereocenters. The van der Waals surface area contributed by atoms with Gasteiger partial charge < -0.3 is 10.6 Å². The smallest absolute Gasteiger partial charge is 0.241 e. The topological polar surface area (TPSA) is 59.2 Å². The highest BCUT2D eigenvalue weighted by Gasteiger charge is 2.32. The van der Waals surface area contributed by atoms with Crippen molar-refractivity contribution in [2.24, 2.45) is 5.73 Å². The van der Waals surface area contributed by atoms with Crippen molar-refractivity contribution in [1.82, 2.24) is 9.88 Å². The van der Waals surface area contributed by atoms with E-state index in [4.69, 9.17) is 5.73 Å². The summed E-state index contributed by atoms with van der Waals surface area (Å²) in [6, 6.07) is 3.65. The van der Waals surface area contributed by atoms with Crippen LogP contribution in [0.25, 0.3) is 0 Å². The first-order valence-corrected chi connectivity index (χ1v) is 4.63. The Morgan fingerprint density at radius 1 is 1.64 bits per heavy atom. The molecule has 0 radical (unpaired) electrons. The molecule has 4 heteroatoms. The third-order valence-corrected chi connectivity index (χ3v) is 2.39. The molecule has 1 aromatic rings. The van der Waals surface area contributed by atoms with Gasteiger partial charge in [0.2, 0.25) is 5.91 Å². The van der Waals surface area contributed by atoms with E-state index in [1.54, 1.807) is 11.1 Å². The minimum Gasteiger partial charge on any atom is -0.335 e. The van der Waals surface area contributed by atoms with E-state index in [1.807, 2.05) is 19.1 Å². The van der Waals surface area contributed by atoms with Crippen molar-refractivity contribution in [3.05, 3.63) is 29.6 Å². The first kappa shape index (κ1) is 9.15. The SMILES string of the molecule is Cc1ccc(CN2CC(N)C2=O)cn1. The number of pyridine rings is 1. The molecule has 4 nitrogen and oxygen atoms in total. The number of aryl methyl sites for hydroxylation is 1. The fourth-order valence-electron chi connectivity index (χ4n) is 1.48. The number of likely N-dealkylation sites (tertiary alicyclic amines) is 1. The second-order valence-corrected chi connectivity index (χ2v) is 3.63. The average molecular weight is 191 g/mol. The number of rotatable bonds is 2. The number of hydrogen-bond donors (Lipinski definition) is 1. The first-order valence-electron chi connectivity index (χ1n) is 4.63. The molecule has 0 aliphatic carbocycles. The minimum absolute atomic E-state index is 0.0329. The molecule has 2 N–H and O–H groups in total. The molecule has 2 heterocycles. The van der Waals surface area contributed by atoms with Crippen LogP contribution in [0.3, 0.4) is 0 Å². The van der Waals surface area contributed by atoms with Gasteiger partial charge in [0, 0.05) is 25.0 Å². The van der Waals surface area contributed by atoms with Crippen LogP contribution < -0.4 is 5.73 Å². The fraction of sp³-hybridized carbons (Fsp3) is 0.400. The molecule has 14 heavy (non-hydrogen) atoms. The highest BCUT2D eigenvalue weighted by molar-refractivity contribution is 5.87. The summed E-state index contributed by atoms with van der Waals surface area (Å²) in [5.41, 5.74) is 7.52. The van der Waals surface area contributed by atoms with Crippen molar-refractivity contribution >= 4 is 5.91 Å². The quantitative estimate of drug-likeness (QED) is 0.672. The molecule has 0 saturated carbocycles. The molecule has 74 valence electrons. The van der Waals surface area contributed by atoms with Crippen molar-refractivity contribution in [1.29, 1.82) is 0 Å². The highest BCUT2D eigenvalue weighted by Crippen LogP contribution is 2.12. The maximum absolute atomic E-state index is 11.2. The Balaban J connectivity index is 1.99. The third kappa shape index (κ3) is 1.61. The Morgan fingerprint density at radius 3 is 2.93 bits per heavy atom. The lowest BCUT2D eigenvalue weighted by Gasteiger charge is -2.36. The van der Waals surface area contributed by atoms with Gasteiger partial charge in [-0.05, 0) is 18.6 Å². The van der Waals surface area contributed by atoms with Crippen LogP contribution in [0, 0.1) is 6.92 Å². The maximum Gasteiger partial charge on any atom is 0.241 e.